The number of esters is 3. The average molecular weight is 366 g/mol. The second kappa shape index (κ2) is 10.1. The van der Waals surface area contributed by atoms with Crippen LogP contribution in [0.1, 0.15) is 19.4 Å². The molecular weight excluding hydrogens is 344 g/mol. The number of carbonyl (C=O) groups is 3. The molecular formula is C18H22O8. The minimum Gasteiger partial charge on any atom is -0.475 e. The van der Waals surface area contributed by atoms with Gasteiger partial charge >= 0.3 is 17.9 Å². The van der Waals surface area contributed by atoms with Crippen molar-refractivity contribution in [2.75, 3.05) is 21.3 Å². The lowest BCUT2D eigenvalue weighted by Gasteiger charge is -2.19. The summed E-state index contributed by atoms with van der Waals surface area (Å²) in [5.74, 6) is -1.23. The van der Waals surface area contributed by atoms with Gasteiger partial charge in [-0.3, -0.25) is 0 Å². The van der Waals surface area contributed by atoms with Crippen LogP contribution in [-0.4, -0.2) is 51.4 Å². The third kappa shape index (κ3) is 6.12. The second-order valence-corrected chi connectivity index (χ2v) is 5.13. The minimum atomic E-state index is -0.907. The number of carbonyl (C=O) groups excluding carboxylic acids is 3. The molecule has 1 aromatic carbocycles. The van der Waals surface area contributed by atoms with Crippen molar-refractivity contribution in [3.63, 3.8) is 0 Å². The quantitative estimate of drug-likeness (QED) is 0.390. The maximum atomic E-state index is 11.6. The number of benzene rings is 1. The van der Waals surface area contributed by atoms with Crippen LogP contribution < -0.4 is 9.47 Å². The zero-order valence-electron chi connectivity index (χ0n) is 15.3. The topological polar surface area (TPSA) is 97.4 Å². The molecule has 0 saturated heterocycles. The highest BCUT2D eigenvalue weighted by Gasteiger charge is 2.21. The van der Waals surface area contributed by atoms with Crippen molar-refractivity contribution >= 4 is 24.0 Å². The van der Waals surface area contributed by atoms with Crippen LogP contribution >= 0.6 is 0 Å². The number of ether oxygens (including phenoxy) is 5. The van der Waals surface area contributed by atoms with Crippen LogP contribution in [-0.2, 0) is 28.6 Å². The van der Waals surface area contributed by atoms with Crippen LogP contribution in [0.25, 0.3) is 6.08 Å². The molecule has 0 radical (unpaired) electrons. The summed E-state index contributed by atoms with van der Waals surface area (Å²) in [5, 5.41) is 0. The molecule has 0 amide bonds. The summed E-state index contributed by atoms with van der Waals surface area (Å²) in [6.45, 7) is 3.03. The molecule has 0 aliphatic rings. The van der Waals surface area contributed by atoms with E-state index in [0.29, 0.717) is 5.56 Å². The standard InChI is InChI=1S/C18H22O8/c1-11(17(20)23-4)25-14-8-6-13(7-9-16(19)22-3)10-15(14)26-12(2)18(21)24-5/h6-12H,1-5H3/b9-7+/t11-,12-/m1/s1. The highest BCUT2D eigenvalue weighted by molar-refractivity contribution is 5.87. The fraction of sp³-hybridized carbons (Fsp3) is 0.389. The van der Waals surface area contributed by atoms with Crippen molar-refractivity contribution in [3.8, 4) is 11.5 Å². The molecule has 26 heavy (non-hydrogen) atoms. The molecule has 0 unspecified atom stereocenters. The molecule has 0 fully saturated rings. The summed E-state index contributed by atoms with van der Waals surface area (Å²) >= 11 is 0. The van der Waals surface area contributed by atoms with E-state index in [4.69, 9.17) is 9.47 Å². The fourth-order valence-corrected chi connectivity index (χ4v) is 1.86. The number of rotatable bonds is 8. The molecule has 142 valence electrons. The zero-order chi connectivity index (χ0) is 19.7. The summed E-state index contributed by atoms with van der Waals surface area (Å²) in [5.41, 5.74) is 0.598. The Balaban J connectivity index is 3.14. The minimum absolute atomic E-state index is 0.200. The van der Waals surface area contributed by atoms with Crippen LogP contribution in [0.3, 0.4) is 0 Å². The smallest absolute Gasteiger partial charge is 0.346 e. The Morgan fingerprint density at radius 3 is 1.88 bits per heavy atom. The van der Waals surface area contributed by atoms with E-state index in [9.17, 15) is 14.4 Å². The molecule has 0 aliphatic carbocycles. The van der Waals surface area contributed by atoms with Crippen molar-refractivity contribution in [1.29, 1.82) is 0 Å². The van der Waals surface area contributed by atoms with Crippen molar-refractivity contribution in [2.45, 2.75) is 26.1 Å². The maximum absolute atomic E-state index is 11.6. The van der Waals surface area contributed by atoms with Gasteiger partial charge in [0, 0.05) is 6.08 Å². The Bertz CT molecular complexity index is 680. The molecule has 0 spiro atoms. The Hall–Kier alpha value is -3.03. The lowest BCUT2D eigenvalue weighted by Crippen LogP contribution is -2.27. The van der Waals surface area contributed by atoms with Gasteiger partial charge in [0.15, 0.2) is 23.7 Å². The first-order chi connectivity index (χ1) is 12.3. The van der Waals surface area contributed by atoms with Crippen LogP contribution in [0.2, 0.25) is 0 Å². The van der Waals surface area contributed by atoms with Gasteiger partial charge in [0.2, 0.25) is 0 Å². The molecule has 8 nitrogen and oxygen atoms in total. The van der Waals surface area contributed by atoms with Gasteiger partial charge in [-0.15, -0.1) is 0 Å². The predicted molar refractivity (Wildman–Crippen MR) is 91.7 cm³/mol. The van der Waals surface area contributed by atoms with E-state index in [1.807, 2.05) is 0 Å². The molecule has 0 N–H and O–H groups in total. The van der Waals surface area contributed by atoms with Crippen LogP contribution in [0.5, 0.6) is 11.5 Å². The van der Waals surface area contributed by atoms with Gasteiger partial charge in [-0.05, 0) is 37.6 Å². The lowest BCUT2D eigenvalue weighted by atomic mass is 10.2. The van der Waals surface area contributed by atoms with E-state index >= 15 is 0 Å². The van der Waals surface area contributed by atoms with Crippen molar-refractivity contribution in [2.24, 2.45) is 0 Å². The summed E-state index contributed by atoms with van der Waals surface area (Å²) in [4.78, 5) is 34.4. The monoisotopic (exact) mass is 366 g/mol. The molecule has 2 atom stereocenters. The number of hydrogen-bond acceptors (Lipinski definition) is 8. The highest BCUT2D eigenvalue weighted by Crippen LogP contribution is 2.31. The Morgan fingerprint density at radius 2 is 1.38 bits per heavy atom. The van der Waals surface area contributed by atoms with Crippen LogP contribution in [0.15, 0.2) is 24.3 Å². The van der Waals surface area contributed by atoms with Crippen molar-refractivity contribution < 1.29 is 38.1 Å². The van der Waals surface area contributed by atoms with Gasteiger partial charge < -0.3 is 23.7 Å². The van der Waals surface area contributed by atoms with E-state index in [1.54, 1.807) is 18.2 Å². The number of methoxy groups -OCH3 is 3. The predicted octanol–water partition coefficient (Wildman–Crippen LogP) is 1.75. The van der Waals surface area contributed by atoms with Gasteiger partial charge in [0.1, 0.15) is 0 Å². The van der Waals surface area contributed by atoms with Crippen molar-refractivity contribution in [1.82, 2.24) is 0 Å². The largest absolute Gasteiger partial charge is 0.475 e. The fourth-order valence-electron chi connectivity index (χ4n) is 1.86. The summed E-state index contributed by atoms with van der Waals surface area (Å²) < 4.78 is 24.9. The van der Waals surface area contributed by atoms with Gasteiger partial charge in [0.25, 0.3) is 0 Å². The average Bonchev–Trinajstić information content (AvgIpc) is 2.65. The Morgan fingerprint density at radius 1 is 0.846 bits per heavy atom. The SMILES string of the molecule is COC(=O)/C=C/c1ccc(O[C@H](C)C(=O)OC)c(O[C@H](C)C(=O)OC)c1. The summed E-state index contributed by atoms with van der Waals surface area (Å²) in [6.07, 6.45) is 0.956. The molecule has 1 aromatic rings. The Kier molecular flexibility index (Phi) is 8.14. The molecule has 0 saturated carbocycles. The highest BCUT2D eigenvalue weighted by atomic mass is 16.6. The molecule has 8 heteroatoms. The molecule has 0 bridgehead atoms. The van der Waals surface area contributed by atoms with Gasteiger partial charge in [-0.2, -0.15) is 0 Å². The zero-order valence-corrected chi connectivity index (χ0v) is 15.3. The van der Waals surface area contributed by atoms with Crippen LogP contribution in [0.4, 0.5) is 0 Å². The second-order valence-electron chi connectivity index (χ2n) is 5.13. The van der Waals surface area contributed by atoms with E-state index in [2.05, 4.69) is 14.2 Å². The summed E-state index contributed by atoms with van der Waals surface area (Å²) in [7, 11) is 3.76. The molecule has 0 aliphatic heterocycles. The van der Waals surface area contributed by atoms with Gasteiger partial charge in [0.05, 0.1) is 21.3 Å². The molecule has 0 aromatic heterocycles. The van der Waals surface area contributed by atoms with Crippen LogP contribution in [0, 0.1) is 0 Å². The van der Waals surface area contributed by atoms with E-state index < -0.39 is 30.1 Å². The maximum Gasteiger partial charge on any atom is 0.346 e. The normalized spacial score (nSPS) is 12.8. The van der Waals surface area contributed by atoms with E-state index in [-0.39, 0.29) is 11.5 Å². The first-order valence-corrected chi connectivity index (χ1v) is 7.71. The van der Waals surface area contributed by atoms with Crippen molar-refractivity contribution in [3.05, 3.63) is 29.8 Å². The van der Waals surface area contributed by atoms with Gasteiger partial charge in [-0.25, -0.2) is 14.4 Å². The third-order valence-electron chi connectivity index (χ3n) is 3.25. The van der Waals surface area contributed by atoms with E-state index in [1.165, 1.54) is 47.3 Å². The Labute approximate surface area is 151 Å². The molecule has 1 rings (SSSR count). The molecule has 0 heterocycles. The van der Waals surface area contributed by atoms with E-state index in [0.717, 1.165) is 0 Å². The van der Waals surface area contributed by atoms with Gasteiger partial charge in [-0.1, -0.05) is 6.07 Å². The lowest BCUT2D eigenvalue weighted by molar-refractivity contribution is -0.149. The first kappa shape index (κ1) is 21.0. The number of hydrogen-bond donors (Lipinski definition) is 0. The third-order valence-corrected chi connectivity index (χ3v) is 3.25. The summed E-state index contributed by atoms with van der Waals surface area (Å²) in [6, 6.07) is 4.75. The first-order valence-electron chi connectivity index (χ1n) is 7.71.